The summed E-state index contributed by atoms with van der Waals surface area (Å²) in [5.74, 6) is -2.03. The number of ether oxygens (including phenoxy) is 2. The van der Waals surface area contributed by atoms with E-state index in [0.29, 0.717) is 17.9 Å². The first kappa shape index (κ1) is 22.2. The summed E-state index contributed by atoms with van der Waals surface area (Å²) >= 11 is 0. The van der Waals surface area contributed by atoms with Crippen LogP contribution in [0.2, 0.25) is 0 Å². The molecule has 0 radical (unpaired) electrons. The number of fused-ring (bicyclic) bond motifs is 1. The van der Waals surface area contributed by atoms with Crippen LogP contribution in [0.4, 0.5) is 0 Å². The van der Waals surface area contributed by atoms with Gasteiger partial charge in [-0.1, -0.05) is 26.0 Å². The number of imide groups is 1. The van der Waals surface area contributed by atoms with Crippen LogP contribution in [-0.2, 0) is 9.53 Å². The predicted octanol–water partition coefficient (Wildman–Crippen LogP) is 3.52. The maximum Gasteiger partial charge on any atom is 0.330 e. The fourth-order valence-corrected chi connectivity index (χ4v) is 3.55. The second kappa shape index (κ2) is 9.12. The van der Waals surface area contributed by atoms with Crippen LogP contribution in [0.1, 0.15) is 58.8 Å². The number of esters is 1. The minimum absolute atomic E-state index is 0.254. The molecule has 7 heteroatoms. The van der Waals surface area contributed by atoms with Crippen molar-refractivity contribution in [3.63, 3.8) is 0 Å². The Kier molecular flexibility index (Phi) is 6.53. The molecule has 1 aliphatic heterocycles. The molecule has 7 nitrogen and oxygen atoms in total. The van der Waals surface area contributed by atoms with Crippen molar-refractivity contribution >= 4 is 23.6 Å². The number of ketones is 1. The van der Waals surface area contributed by atoms with Crippen LogP contribution in [-0.4, -0.2) is 47.2 Å². The lowest BCUT2D eigenvalue weighted by Crippen LogP contribution is -2.49. The normalized spacial score (nSPS) is 14.9. The van der Waals surface area contributed by atoms with E-state index in [0.717, 1.165) is 4.90 Å². The molecule has 0 unspecified atom stereocenters. The van der Waals surface area contributed by atoms with Gasteiger partial charge in [-0.15, -0.1) is 0 Å². The lowest BCUT2D eigenvalue weighted by molar-refractivity contribution is -0.152. The zero-order valence-electron chi connectivity index (χ0n) is 18.0. The molecule has 2 aromatic carbocycles. The van der Waals surface area contributed by atoms with Crippen molar-refractivity contribution < 1.29 is 28.7 Å². The van der Waals surface area contributed by atoms with Crippen molar-refractivity contribution in [3.05, 3.63) is 65.2 Å². The van der Waals surface area contributed by atoms with Crippen LogP contribution < -0.4 is 4.74 Å². The van der Waals surface area contributed by atoms with Gasteiger partial charge in [-0.2, -0.15) is 0 Å². The summed E-state index contributed by atoms with van der Waals surface area (Å²) in [5.41, 5.74) is 0.875. The summed E-state index contributed by atoms with van der Waals surface area (Å²) in [5, 5.41) is 0. The van der Waals surface area contributed by atoms with E-state index in [1.54, 1.807) is 62.4 Å². The van der Waals surface area contributed by atoms with Crippen molar-refractivity contribution in [1.29, 1.82) is 0 Å². The lowest BCUT2D eigenvalue weighted by Gasteiger charge is -2.28. The fourth-order valence-electron chi connectivity index (χ4n) is 3.55. The molecule has 2 amide bonds. The third-order valence-electron chi connectivity index (χ3n) is 5.09. The number of carbonyl (C=O) groups excluding carboxylic acids is 4. The molecular weight excluding hydrogens is 398 g/mol. The maximum atomic E-state index is 13.0. The minimum Gasteiger partial charge on any atom is -0.494 e. The Hall–Kier alpha value is -3.48. The highest BCUT2D eigenvalue weighted by Crippen LogP contribution is 2.28. The van der Waals surface area contributed by atoms with E-state index in [1.165, 1.54) is 6.92 Å². The molecule has 1 aliphatic rings. The van der Waals surface area contributed by atoms with Crippen molar-refractivity contribution in [3.8, 4) is 5.75 Å². The molecule has 0 bridgehead atoms. The average Bonchev–Trinajstić information content (AvgIpc) is 2.99. The number of hydrogen-bond acceptors (Lipinski definition) is 6. The zero-order valence-corrected chi connectivity index (χ0v) is 18.0. The number of benzene rings is 2. The van der Waals surface area contributed by atoms with Gasteiger partial charge in [0.25, 0.3) is 11.8 Å². The molecule has 0 N–H and O–H groups in total. The number of Topliss-reactive ketones (excluding diaryl/α,β-unsaturated/α-hetero) is 1. The molecule has 0 aliphatic carbocycles. The van der Waals surface area contributed by atoms with E-state index >= 15 is 0 Å². The van der Waals surface area contributed by atoms with Crippen LogP contribution in [0.3, 0.4) is 0 Å². The van der Waals surface area contributed by atoms with Crippen molar-refractivity contribution in [2.45, 2.75) is 39.8 Å². The molecule has 31 heavy (non-hydrogen) atoms. The summed E-state index contributed by atoms with van der Waals surface area (Å²) in [6.45, 7) is 7.27. The van der Waals surface area contributed by atoms with Gasteiger partial charge < -0.3 is 9.47 Å². The summed E-state index contributed by atoms with van der Waals surface area (Å²) in [6, 6.07) is 11.8. The average molecular weight is 423 g/mol. The Labute approximate surface area is 180 Å². The van der Waals surface area contributed by atoms with Crippen LogP contribution in [0.25, 0.3) is 0 Å². The van der Waals surface area contributed by atoms with Crippen LogP contribution in [0, 0.1) is 5.92 Å². The van der Waals surface area contributed by atoms with Crippen LogP contribution in [0.5, 0.6) is 5.75 Å². The standard InChI is InChI=1S/C24H25NO6/c1-5-30-17-12-10-16(11-13-17)21(26)15(4)31-24(29)20(14(2)3)25-22(27)18-8-6-7-9-19(18)23(25)28/h6-15,20H,5H2,1-4H3/t15-,20-/m0/s1. The first-order chi connectivity index (χ1) is 14.8. The Morgan fingerprint density at radius 3 is 1.94 bits per heavy atom. The summed E-state index contributed by atoms with van der Waals surface area (Å²) < 4.78 is 10.8. The Balaban J connectivity index is 1.76. The van der Waals surface area contributed by atoms with Gasteiger partial charge in [-0.25, -0.2) is 4.79 Å². The number of carbonyl (C=O) groups is 4. The van der Waals surface area contributed by atoms with Gasteiger partial charge in [0.1, 0.15) is 11.8 Å². The molecule has 0 saturated heterocycles. The highest BCUT2D eigenvalue weighted by Gasteiger charge is 2.45. The maximum absolute atomic E-state index is 13.0. The third kappa shape index (κ3) is 4.35. The zero-order chi connectivity index (χ0) is 22.7. The van der Waals surface area contributed by atoms with Crippen molar-refractivity contribution in [2.24, 2.45) is 5.92 Å². The third-order valence-corrected chi connectivity index (χ3v) is 5.09. The van der Waals surface area contributed by atoms with Gasteiger partial charge in [0.2, 0.25) is 5.78 Å². The molecule has 162 valence electrons. The van der Waals surface area contributed by atoms with E-state index in [4.69, 9.17) is 9.47 Å². The van der Waals surface area contributed by atoms with E-state index in [2.05, 4.69) is 0 Å². The quantitative estimate of drug-likeness (QED) is 0.367. The SMILES string of the molecule is CCOc1ccc(C(=O)[C@H](C)OC(=O)[C@H](C(C)C)N2C(=O)c3ccccc3C2=O)cc1. The highest BCUT2D eigenvalue weighted by atomic mass is 16.5. The van der Waals surface area contributed by atoms with E-state index in [-0.39, 0.29) is 16.9 Å². The van der Waals surface area contributed by atoms with Gasteiger partial charge in [0.15, 0.2) is 6.10 Å². The van der Waals surface area contributed by atoms with Crippen molar-refractivity contribution in [1.82, 2.24) is 4.90 Å². The molecule has 3 rings (SSSR count). The molecule has 1 heterocycles. The molecule has 0 aromatic heterocycles. The van der Waals surface area contributed by atoms with Gasteiger partial charge in [0, 0.05) is 5.56 Å². The predicted molar refractivity (Wildman–Crippen MR) is 113 cm³/mol. The lowest BCUT2D eigenvalue weighted by atomic mass is 10.0. The van der Waals surface area contributed by atoms with Crippen LogP contribution >= 0.6 is 0 Å². The van der Waals surface area contributed by atoms with Crippen molar-refractivity contribution in [2.75, 3.05) is 6.61 Å². The molecule has 2 atom stereocenters. The number of rotatable bonds is 8. The first-order valence-electron chi connectivity index (χ1n) is 10.2. The summed E-state index contributed by atoms with van der Waals surface area (Å²) in [4.78, 5) is 52.2. The number of nitrogens with zero attached hydrogens (tertiary/aromatic N) is 1. The smallest absolute Gasteiger partial charge is 0.330 e. The summed E-state index contributed by atoms with van der Waals surface area (Å²) in [6.07, 6.45) is -1.08. The van der Waals surface area contributed by atoms with Gasteiger partial charge in [-0.05, 0) is 56.2 Å². The molecule has 0 fully saturated rings. The molecular formula is C24H25NO6. The van der Waals surface area contributed by atoms with E-state index in [1.807, 2.05) is 6.92 Å². The Morgan fingerprint density at radius 1 is 0.903 bits per heavy atom. The van der Waals surface area contributed by atoms with Crippen LogP contribution in [0.15, 0.2) is 48.5 Å². The molecule has 2 aromatic rings. The highest BCUT2D eigenvalue weighted by molar-refractivity contribution is 6.22. The minimum atomic E-state index is -1.14. The topological polar surface area (TPSA) is 90.0 Å². The number of hydrogen-bond donors (Lipinski definition) is 0. The van der Waals surface area contributed by atoms with Gasteiger partial charge in [0.05, 0.1) is 17.7 Å². The first-order valence-corrected chi connectivity index (χ1v) is 10.2. The summed E-state index contributed by atoms with van der Waals surface area (Å²) in [7, 11) is 0. The largest absolute Gasteiger partial charge is 0.494 e. The Morgan fingerprint density at radius 2 is 1.45 bits per heavy atom. The second-order valence-corrected chi connectivity index (χ2v) is 7.62. The van der Waals surface area contributed by atoms with E-state index < -0.39 is 35.8 Å². The fraction of sp³-hybridized carbons (Fsp3) is 0.333. The molecule has 0 spiro atoms. The van der Waals surface area contributed by atoms with Gasteiger partial charge >= 0.3 is 5.97 Å². The van der Waals surface area contributed by atoms with Gasteiger partial charge in [-0.3, -0.25) is 19.3 Å². The number of amides is 2. The Bertz CT molecular complexity index is 976. The molecule has 0 saturated carbocycles. The van der Waals surface area contributed by atoms with E-state index in [9.17, 15) is 19.2 Å². The second-order valence-electron chi connectivity index (χ2n) is 7.62. The monoisotopic (exact) mass is 423 g/mol.